The lowest BCUT2D eigenvalue weighted by Gasteiger charge is -2.33. The molecule has 0 aromatic heterocycles. The van der Waals surface area contributed by atoms with Crippen LogP contribution in [-0.2, 0) is 5.41 Å². The van der Waals surface area contributed by atoms with Crippen LogP contribution >= 0.6 is 0 Å². The van der Waals surface area contributed by atoms with Crippen LogP contribution in [0.2, 0.25) is 0 Å². The van der Waals surface area contributed by atoms with Gasteiger partial charge in [0.1, 0.15) is 0 Å². The van der Waals surface area contributed by atoms with Crippen molar-refractivity contribution in [1.29, 1.82) is 0 Å². The molecule has 0 amide bonds. The van der Waals surface area contributed by atoms with Crippen molar-refractivity contribution in [2.45, 2.75) is 12.3 Å². The van der Waals surface area contributed by atoms with Gasteiger partial charge in [0, 0.05) is 16.9 Å². The smallest absolute Gasteiger partial charge is 0.0726 e. The van der Waals surface area contributed by atoms with Crippen LogP contribution < -0.4 is 4.90 Å². The largest absolute Gasteiger partial charge is 0.310 e. The summed E-state index contributed by atoms with van der Waals surface area (Å²) in [6.07, 6.45) is 0. The number of hydrogen-bond donors (Lipinski definition) is 0. The zero-order valence-corrected chi connectivity index (χ0v) is 31.6. The molecule has 57 heavy (non-hydrogen) atoms. The van der Waals surface area contributed by atoms with Crippen LogP contribution in [0.4, 0.5) is 17.1 Å². The highest BCUT2D eigenvalue weighted by molar-refractivity contribution is 6.25. The number of rotatable bonds is 4. The van der Waals surface area contributed by atoms with Gasteiger partial charge < -0.3 is 4.90 Å². The molecule has 10 aromatic rings. The minimum absolute atomic E-state index is 0.441. The van der Waals surface area contributed by atoms with E-state index in [0.717, 1.165) is 17.1 Å². The lowest BCUT2D eigenvalue weighted by molar-refractivity contribution is 0.792. The molecule has 1 spiro atoms. The van der Waals surface area contributed by atoms with E-state index < -0.39 is 5.41 Å². The van der Waals surface area contributed by atoms with E-state index in [1.165, 1.54) is 93.5 Å². The Morgan fingerprint density at radius 1 is 0.316 bits per heavy atom. The summed E-state index contributed by atoms with van der Waals surface area (Å²) in [6, 6.07) is 77.0. The van der Waals surface area contributed by atoms with E-state index in [4.69, 9.17) is 0 Å². The third kappa shape index (κ3) is 4.46. The second kappa shape index (κ2) is 12.1. The highest BCUT2D eigenvalue weighted by Crippen LogP contribution is 2.63. The van der Waals surface area contributed by atoms with Gasteiger partial charge in [-0.2, -0.15) is 0 Å². The number of benzene rings is 10. The number of anilines is 3. The molecule has 0 radical (unpaired) electrons. The van der Waals surface area contributed by atoms with Gasteiger partial charge in [-0.25, -0.2) is 0 Å². The molecule has 0 N–H and O–H groups in total. The van der Waals surface area contributed by atoms with Crippen LogP contribution in [0.15, 0.2) is 206 Å². The lowest BCUT2D eigenvalue weighted by Crippen LogP contribution is -2.26. The second-order valence-electron chi connectivity index (χ2n) is 15.7. The Kier molecular flexibility index (Phi) is 6.83. The average Bonchev–Trinajstić information content (AvgIpc) is 3.73. The lowest BCUT2D eigenvalue weighted by atomic mass is 9.70. The minimum Gasteiger partial charge on any atom is -0.310 e. The summed E-state index contributed by atoms with van der Waals surface area (Å²) in [7, 11) is 0. The molecule has 12 rings (SSSR count). The number of aryl methyl sites for hydroxylation is 1. The Morgan fingerprint density at radius 2 is 0.772 bits per heavy atom. The van der Waals surface area contributed by atoms with E-state index in [0.29, 0.717) is 0 Å². The third-order valence-corrected chi connectivity index (χ3v) is 12.7. The molecular formula is C56H37N. The highest BCUT2D eigenvalue weighted by atomic mass is 15.1. The maximum absolute atomic E-state index is 2.51. The van der Waals surface area contributed by atoms with E-state index in [2.05, 4.69) is 218 Å². The molecule has 266 valence electrons. The monoisotopic (exact) mass is 723 g/mol. The summed E-state index contributed by atoms with van der Waals surface area (Å²) in [6.45, 7) is 2.23. The molecule has 0 atom stereocenters. The molecule has 0 unspecified atom stereocenters. The first-order chi connectivity index (χ1) is 28.2. The van der Waals surface area contributed by atoms with Gasteiger partial charge in [0.15, 0.2) is 0 Å². The summed E-state index contributed by atoms with van der Waals surface area (Å²) in [4.78, 5) is 2.50. The van der Waals surface area contributed by atoms with Gasteiger partial charge in [0.05, 0.1) is 11.1 Å². The SMILES string of the molecule is Cc1ccc2c(c1)C1(c3ccccc3-c3ccccc31)c1cc(N(c3ccc4c5ccccc5c5ccccc5c4c3)c3ccccc3-c3ccccc3)ccc1-2. The molecule has 0 heterocycles. The topological polar surface area (TPSA) is 3.24 Å². The molecule has 0 saturated carbocycles. The highest BCUT2D eigenvalue weighted by Gasteiger charge is 2.51. The molecule has 1 heteroatoms. The summed E-state index contributed by atoms with van der Waals surface area (Å²) >= 11 is 0. The van der Waals surface area contributed by atoms with Crippen molar-refractivity contribution in [3.05, 3.63) is 234 Å². The Balaban J connectivity index is 1.17. The molecule has 0 aliphatic heterocycles. The molecule has 1 nitrogen and oxygen atoms in total. The Bertz CT molecular complexity index is 3180. The Labute approximate surface area is 332 Å². The number of para-hydroxylation sites is 1. The summed E-state index contributed by atoms with van der Waals surface area (Å²) in [5.41, 5.74) is 17.3. The fourth-order valence-corrected chi connectivity index (χ4v) is 10.4. The van der Waals surface area contributed by atoms with Crippen LogP contribution in [0.3, 0.4) is 0 Å². The Hall–Kier alpha value is -7.22. The van der Waals surface area contributed by atoms with Crippen LogP contribution in [0.1, 0.15) is 27.8 Å². The van der Waals surface area contributed by atoms with Crippen LogP contribution in [0, 0.1) is 6.92 Å². The predicted molar refractivity (Wildman–Crippen MR) is 240 cm³/mol. The summed E-state index contributed by atoms with van der Waals surface area (Å²) in [5, 5.41) is 7.63. The predicted octanol–water partition coefficient (Wildman–Crippen LogP) is 14.9. The van der Waals surface area contributed by atoms with Crippen molar-refractivity contribution in [2.75, 3.05) is 4.90 Å². The van der Waals surface area contributed by atoms with Gasteiger partial charge in [-0.3, -0.25) is 0 Å². The normalized spacial score (nSPS) is 13.1. The fourth-order valence-electron chi connectivity index (χ4n) is 10.4. The van der Waals surface area contributed by atoms with E-state index in [1.54, 1.807) is 0 Å². The van der Waals surface area contributed by atoms with Crippen molar-refractivity contribution < 1.29 is 0 Å². The molecule has 2 aliphatic rings. The molecule has 0 bridgehead atoms. The first-order valence-electron chi connectivity index (χ1n) is 19.9. The molecular weight excluding hydrogens is 687 g/mol. The van der Waals surface area contributed by atoms with Gasteiger partial charge in [-0.1, -0.05) is 181 Å². The van der Waals surface area contributed by atoms with Gasteiger partial charge in [0.25, 0.3) is 0 Å². The maximum atomic E-state index is 2.51. The molecule has 10 aromatic carbocycles. The third-order valence-electron chi connectivity index (χ3n) is 12.7. The van der Waals surface area contributed by atoms with Crippen LogP contribution in [0.25, 0.3) is 65.7 Å². The number of fused-ring (bicyclic) bond motifs is 16. The second-order valence-corrected chi connectivity index (χ2v) is 15.7. The van der Waals surface area contributed by atoms with Gasteiger partial charge >= 0.3 is 0 Å². The average molecular weight is 724 g/mol. The van der Waals surface area contributed by atoms with E-state index in [-0.39, 0.29) is 0 Å². The van der Waals surface area contributed by atoms with Crippen molar-refractivity contribution in [1.82, 2.24) is 0 Å². The van der Waals surface area contributed by atoms with Gasteiger partial charge in [-0.15, -0.1) is 0 Å². The maximum Gasteiger partial charge on any atom is 0.0726 e. The quantitative estimate of drug-likeness (QED) is 0.163. The number of nitrogens with zero attached hydrogens (tertiary/aromatic N) is 1. The van der Waals surface area contributed by atoms with Crippen molar-refractivity contribution in [3.63, 3.8) is 0 Å². The van der Waals surface area contributed by atoms with E-state index >= 15 is 0 Å². The zero-order chi connectivity index (χ0) is 37.7. The molecule has 2 aliphatic carbocycles. The van der Waals surface area contributed by atoms with Crippen LogP contribution in [-0.4, -0.2) is 0 Å². The standard InChI is InChI=1S/C56H37N/c1-36-27-30-48-49-32-29-39(35-54(49)56(53(48)33-36)51-24-12-9-22-46(51)47-23-10-13-25-52(47)56)57(55-26-14-11-17-40(55)37-15-3-2-4-16-37)38-28-31-45-43-20-6-5-18-41(43)42-19-7-8-21-44(42)50(45)34-38/h2-35H,1H3. The van der Waals surface area contributed by atoms with Gasteiger partial charge in [-0.05, 0) is 120 Å². The van der Waals surface area contributed by atoms with Crippen molar-refractivity contribution in [2.24, 2.45) is 0 Å². The summed E-state index contributed by atoms with van der Waals surface area (Å²) in [5.74, 6) is 0. The summed E-state index contributed by atoms with van der Waals surface area (Å²) < 4.78 is 0. The Morgan fingerprint density at radius 3 is 1.44 bits per heavy atom. The molecule has 0 saturated heterocycles. The van der Waals surface area contributed by atoms with E-state index in [9.17, 15) is 0 Å². The first kappa shape index (κ1) is 32.1. The molecule has 0 fully saturated rings. The van der Waals surface area contributed by atoms with Crippen LogP contribution in [0.5, 0.6) is 0 Å². The minimum atomic E-state index is -0.441. The zero-order valence-electron chi connectivity index (χ0n) is 31.6. The van der Waals surface area contributed by atoms with Gasteiger partial charge in [0.2, 0.25) is 0 Å². The first-order valence-corrected chi connectivity index (χ1v) is 19.9. The van der Waals surface area contributed by atoms with E-state index in [1.807, 2.05) is 0 Å². The number of hydrogen-bond acceptors (Lipinski definition) is 1. The fraction of sp³-hybridized carbons (Fsp3) is 0.0357. The van der Waals surface area contributed by atoms with Crippen molar-refractivity contribution in [3.8, 4) is 33.4 Å². The van der Waals surface area contributed by atoms with Crippen molar-refractivity contribution >= 4 is 49.4 Å².